The quantitative estimate of drug-likeness (QED) is 0.835. The van der Waals surface area contributed by atoms with Gasteiger partial charge in [-0.05, 0) is 37.6 Å². The first-order valence-electron chi connectivity index (χ1n) is 8.74. The van der Waals surface area contributed by atoms with Crippen LogP contribution in [-0.2, 0) is 11.3 Å². The summed E-state index contributed by atoms with van der Waals surface area (Å²) in [4.78, 5) is 26.8. The summed E-state index contributed by atoms with van der Waals surface area (Å²) in [6.07, 6.45) is 0.0739. The number of nitrogens with one attached hydrogen (secondary N) is 1. The molecule has 1 unspecified atom stereocenters. The average molecular weight is 353 g/mol. The molecule has 0 fully saturated rings. The summed E-state index contributed by atoms with van der Waals surface area (Å²) < 4.78 is 5.72. The van der Waals surface area contributed by atoms with E-state index in [2.05, 4.69) is 5.32 Å². The molecular formula is C20H23N3O3. The molecule has 0 saturated carbocycles. The van der Waals surface area contributed by atoms with Crippen molar-refractivity contribution in [3.63, 3.8) is 0 Å². The Morgan fingerprint density at radius 2 is 1.96 bits per heavy atom. The van der Waals surface area contributed by atoms with Crippen molar-refractivity contribution in [2.75, 3.05) is 18.4 Å². The van der Waals surface area contributed by atoms with Crippen LogP contribution in [-0.4, -0.2) is 35.9 Å². The van der Waals surface area contributed by atoms with Crippen molar-refractivity contribution >= 4 is 17.5 Å². The van der Waals surface area contributed by atoms with E-state index in [1.807, 2.05) is 30.3 Å². The van der Waals surface area contributed by atoms with Gasteiger partial charge in [0, 0.05) is 13.1 Å². The zero-order valence-electron chi connectivity index (χ0n) is 14.8. The summed E-state index contributed by atoms with van der Waals surface area (Å²) in [7, 11) is 0. The predicted molar refractivity (Wildman–Crippen MR) is 100 cm³/mol. The number of para-hydroxylation sites is 1. The minimum atomic E-state index is -0.636. The summed E-state index contributed by atoms with van der Waals surface area (Å²) in [5.74, 6) is 0.0734. The average Bonchev–Trinajstić information content (AvgIpc) is 2.66. The number of anilines is 1. The number of nitrogens with zero attached hydrogens (tertiary/aromatic N) is 1. The minimum absolute atomic E-state index is 0.137. The third-order valence-electron chi connectivity index (χ3n) is 4.30. The summed E-state index contributed by atoms with van der Waals surface area (Å²) >= 11 is 0. The van der Waals surface area contributed by atoms with E-state index in [0.717, 1.165) is 5.56 Å². The molecule has 0 spiro atoms. The van der Waals surface area contributed by atoms with Gasteiger partial charge in [-0.1, -0.05) is 36.4 Å². The maximum atomic E-state index is 13.2. The first kappa shape index (κ1) is 17.9. The van der Waals surface area contributed by atoms with Crippen LogP contribution in [0.2, 0.25) is 0 Å². The zero-order valence-corrected chi connectivity index (χ0v) is 14.8. The number of hydrogen-bond acceptors (Lipinski definition) is 4. The molecule has 2 aromatic carbocycles. The van der Waals surface area contributed by atoms with Gasteiger partial charge in [0.05, 0.1) is 11.3 Å². The molecule has 1 aliphatic rings. The van der Waals surface area contributed by atoms with E-state index in [0.29, 0.717) is 43.1 Å². The number of ether oxygens (including phenoxy) is 1. The van der Waals surface area contributed by atoms with Crippen LogP contribution < -0.4 is 15.8 Å². The van der Waals surface area contributed by atoms with Crippen molar-refractivity contribution in [3.05, 3.63) is 59.7 Å². The van der Waals surface area contributed by atoms with Gasteiger partial charge in [0.25, 0.3) is 11.8 Å². The Kier molecular flexibility index (Phi) is 5.53. The van der Waals surface area contributed by atoms with Crippen molar-refractivity contribution in [2.45, 2.75) is 26.0 Å². The number of fused-ring (bicyclic) bond motifs is 1. The van der Waals surface area contributed by atoms with Gasteiger partial charge in [-0.3, -0.25) is 9.59 Å². The molecule has 0 aromatic heterocycles. The molecule has 2 amide bonds. The lowest BCUT2D eigenvalue weighted by molar-refractivity contribution is -0.122. The normalized spacial score (nSPS) is 15.6. The number of carbonyl (C=O) groups excluding carboxylic acids is 2. The number of hydrogen-bond donors (Lipinski definition) is 2. The van der Waals surface area contributed by atoms with Crippen LogP contribution in [0.3, 0.4) is 0 Å². The highest BCUT2D eigenvalue weighted by molar-refractivity contribution is 6.04. The van der Waals surface area contributed by atoms with Gasteiger partial charge in [-0.2, -0.15) is 0 Å². The Labute approximate surface area is 152 Å². The second kappa shape index (κ2) is 8.01. The van der Waals surface area contributed by atoms with Gasteiger partial charge < -0.3 is 20.7 Å². The Bertz CT molecular complexity index is 792. The smallest absolute Gasteiger partial charge is 0.265 e. The third-order valence-corrected chi connectivity index (χ3v) is 4.30. The van der Waals surface area contributed by atoms with Crippen LogP contribution in [0.5, 0.6) is 5.75 Å². The van der Waals surface area contributed by atoms with E-state index < -0.39 is 6.10 Å². The molecule has 0 bridgehead atoms. The number of amides is 2. The van der Waals surface area contributed by atoms with Gasteiger partial charge in [0.1, 0.15) is 0 Å². The van der Waals surface area contributed by atoms with E-state index >= 15 is 0 Å². The standard InChI is InChI=1S/C20H23N3O3/c1-14-19(24)22-17-10-5-9-16(18(17)26-14)20(25)23(12-6-11-21)13-15-7-3-2-4-8-15/h2-5,7-10,14H,6,11-13,21H2,1H3,(H,22,24). The van der Waals surface area contributed by atoms with E-state index in [4.69, 9.17) is 10.5 Å². The summed E-state index contributed by atoms with van der Waals surface area (Å²) in [5.41, 5.74) is 7.66. The van der Waals surface area contributed by atoms with Gasteiger partial charge >= 0.3 is 0 Å². The fourth-order valence-electron chi connectivity index (χ4n) is 2.90. The lowest BCUT2D eigenvalue weighted by Gasteiger charge is -2.28. The Hall–Kier alpha value is -2.86. The SMILES string of the molecule is CC1Oc2c(cccc2C(=O)N(CCCN)Cc2ccccc2)NC1=O. The van der Waals surface area contributed by atoms with Crippen LogP contribution in [0, 0.1) is 0 Å². The van der Waals surface area contributed by atoms with Gasteiger partial charge in [0.15, 0.2) is 11.9 Å². The van der Waals surface area contributed by atoms with Gasteiger partial charge in [-0.25, -0.2) is 0 Å². The Morgan fingerprint density at radius 1 is 1.19 bits per heavy atom. The lowest BCUT2D eigenvalue weighted by atomic mass is 10.1. The molecule has 1 heterocycles. The zero-order chi connectivity index (χ0) is 18.5. The predicted octanol–water partition coefficient (Wildman–Crippen LogP) is 2.40. The Morgan fingerprint density at radius 3 is 2.69 bits per heavy atom. The maximum Gasteiger partial charge on any atom is 0.265 e. The Balaban J connectivity index is 1.89. The first-order chi connectivity index (χ1) is 12.6. The molecule has 2 aromatic rings. The van der Waals surface area contributed by atoms with Crippen molar-refractivity contribution in [1.29, 1.82) is 0 Å². The first-order valence-corrected chi connectivity index (χ1v) is 8.74. The van der Waals surface area contributed by atoms with Gasteiger partial charge in [0.2, 0.25) is 0 Å². The molecule has 0 saturated heterocycles. The fourth-order valence-corrected chi connectivity index (χ4v) is 2.90. The molecule has 6 heteroatoms. The molecule has 0 aliphatic carbocycles. The van der Waals surface area contributed by atoms with Crippen LogP contribution in [0.25, 0.3) is 0 Å². The number of rotatable bonds is 6. The van der Waals surface area contributed by atoms with Crippen molar-refractivity contribution in [3.8, 4) is 5.75 Å². The van der Waals surface area contributed by atoms with Gasteiger partial charge in [-0.15, -0.1) is 0 Å². The monoisotopic (exact) mass is 353 g/mol. The highest BCUT2D eigenvalue weighted by Crippen LogP contribution is 2.34. The largest absolute Gasteiger partial charge is 0.478 e. The number of nitrogens with two attached hydrogens (primary N) is 1. The summed E-state index contributed by atoms with van der Waals surface area (Å²) in [6, 6.07) is 15.0. The molecule has 1 atom stereocenters. The van der Waals surface area contributed by atoms with E-state index in [9.17, 15) is 9.59 Å². The van der Waals surface area contributed by atoms with Crippen LogP contribution >= 0.6 is 0 Å². The lowest BCUT2D eigenvalue weighted by Crippen LogP contribution is -2.37. The molecule has 6 nitrogen and oxygen atoms in total. The molecular weight excluding hydrogens is 330 g/mol. The second-order valence-corrected chi connectivity index (χ2v) is 6.29. The van der Waals surface area contributed by atoms with E-state index in [1.165, 1.54) is 0 Å². The molecule has 0 radical (unpaired) electrons. The van der Waals surface area contributed by atoms with Crippen LogP contribution in [0.1, 0.15) is 29.3 Å². The van der Waals surface area contributed by atoms with Crippen LogP contribution in [0.15, 0.2) is 48.5 Å². The molecule has 3 N–H and O–H groups in total. The number of benzene rings is 2. The number of carbonyl (C=O) groups is 2. The fraction of sp³-hybridized carbons (Fsp3) is 0.300. The summed E-state index contributed by atoms with van der Waals surface area (Å²) in [5, 5.41) is 2.78. The highest BCUT2D eigenvalue weighted by Gasteiger charge is 2.29. The third kappa shape index (κ3) is 3.86. The highest BCUT2D eigenvalue weighted by atomic mass is 16.5. The van der Waals surface area contributed by atoms with Crippen molar-refractivity contribution in [2.24, 2.45) is 5.73 Å². The van der Waals surface area contributed by atoms with Crippen LogP contribution in [0.4, 0.5) is 5.69 Å². The minimum Gasteiger partial charge on any atom is -0.478 e. The van der Waals surface area contributed by atoms with Crippen molar-refractivity contribution < 1.29 is 14.3 Å². The molecule has 26 heavy (non-hydrogen) atoms. The molecule has 136 valence electrons. The topological polar surface area (TPSA) is 84.7 Å². The second-order valence-electron chi connectivity index (χ2n) is 6.29. The van der Waals surface area contributed by atoms with Crippen molar-refractivity contribution in [1.82, 2.24) is 4.90 Å². The van der Waals surface area contributed by atoms with E-state index in [1.54, 1.807) is 30.0 Å². The maximum absolute atomic E-state index is 13.2. The molecule has 3 rings (SSSR count). The summed E-state index contributed by atoms with van der Waals surface area (Å²) in [6.45, 7) is 3.21. The van der Waals surface area contributed by atoms with E-state index in [-0.39, 0.29) is 11.8 Å². The molecule has 1 aliphatic heterocycles.